The minimum absolute atomic E-state index is 0.587. The fraction of sp³-hybridized carbons (Fsp3) is 0.176. The molecule has 5 nitrogen and oxygen atoms in total. The summed E-state index contributed by atoms with van der Waals surface area (Å²) in [5, 5.41) is 3.16. The van der Waals surface area contributed by atoms with Crippen LogP contribution in [0.4, 0.5) is 0 Å². The zero-order valence-electron chi connectivity index (χ0n) is 13.1. The van der Waals surface area contributed by atoms with Crippen LogP contribution in [0, 0.1) is 3.80 Å². The van der Waals surface area contributed by atoms with Crippen molar-refractivity contribution in [1.82, 2.24) is 14.8 Å². The molecule has 6 heteroatoms. The van der Waals surface area contributed by atoms with E-state index in [1.807, 2.05) is 66.3 Å². The number of aromatic amines is 1. The Balaban J connectivity index is 0.000000174. The molecule has 2 aromatic carbocycles. The Hall–Kier alpha value is -1.97. The second-order valence-electron chi connectivity index (χ2n) is 4.79. The van der Waals surface area contributed by atoms with E-state index in [2.05, 4.69) is 29.4 Å². The predicted octanol–water partition coefficient (Wildman–Crippen LogP) is 2.65. The number of benzene rings is 2. The topological polar surface area (TPSA) is 68.9 Å². The van der Waals surface area contributed by atoms with Crippen LogP contribution >= 0.6 is 0 Å². The number of nitrogens with one attached hydrogen (secondary N) is 1. The number of hydrogen-bond donors (Lipinski definition) is 2. The van der Waals surface area contributed by atoms with Crippen molar-refractivity contribution in [3.63, 3.8) is 0 Å². The molecule has 3 N–H and O–H groups in total. The van der Waals surface area contributed by atoms with Gasteiger partial charge in [0, 0.05) is 6.54 Å². The monoisotopic (exact) mass is 491 g/mol. The van der Waals surface area contributed by atoms with Crippen LogP contribution in [-0.2, 0) is 32.9 Å². The van der Waals surface area contributed by atoms with E-state index in [1.54, 1.807) is 7.11 Å². The van der Waals surface area contributed by atoms with Crippen LogP contribution in [0.1, 0.15) is 5.56 Å². The van der Waals surface area contributed by atoms with E-state index < -0.39 is 0 Å². The average Bonchev–Trinajstić information content (AvgIpc) is 2.95. The molecular weight excluding hydrogens is 471 g/mol. The second-order valence-corrected chi connectivity index (χ2v) is 5.81. The molecule has 0 aliphatic rings. The van der Waals surface area contributed by atoms with Crippen molar-refractivity contribution in [1.29, 1.82) is 0 Å². The van der Waals surface area contributed by atoms with Gasteiger partial charge in [-0.25, -0.2) is 0 Å². The Morgan fingerprint density at radius 2 is 1.78 bits per heavy atom. The molecular formula is C17H20N4OPt. The second kappa shape index (κ2) is 8.61. The molecule has 0 atom stereocenters. The van der Waals surface area contributed by atoms with Gasteiger partial charge in [0.1, 0.15) is 5.75 Å². The van der Waals surface area contributed by atoms with Crippen molar-refractivity contribution in [2.24, 2.45) is 12.8 Å². The Labute approximate surface area is 146 Å². The molecule has 3 rings (SSSR count). The number of methoxy groups -OCH3 is 1. The van der Waals surface area contributed by atoms with Crippen LogP contribution in [0.3, 0.4) is 0 Å². The number of aromatic nitrogens is 3. The standard InChI is InChI=1S/C9H9N3.C8H11NO.Pt/c1-12-7-10-9(11-12)8-5-3-2-4-6-8;1-10-8-4-2-7(6-9)3-5-8;/h2-6H,1H3,(H,10,11);2-5H,6,9H2,1H3;. The van der Waals surface area contributed by atoms with E-state index >= 15 is 0 Å². The van der Waals surface area contributed by atoms with Gasteiger partial charge in [-0.2, -0.15) is 0 Å². The molecule has 3 aromatic rings. The molecule has 1 heterocycles. The zero-order chi connectivity index (χ0) is 16.7. The summed E-state index contributed by atoms with van der Waals surface area (Å²) >= 11 is 2.18. The molecule has 0 spiro atoms. The van der Waals surface area contributed by atoms with Crippen molar-refractivity contribution in [2.45, 2.75) is 6.54 Å². The summed E-state index contributed by atoms with van der Waals surface area (Å²) in [6.45, 7) is 0.587. The minimum atomic E-state index is 0.587. The average molecular weight is 491 g/mol. The first-order valence-electron chi connectivity index (χ1n) is 7.11. The van der Waals surface area contributed by atoms with Gasteiger partial charge in [-0.05, 0) is 17.7 Å². The summed E-state index contributed by atoms with van der Waals surface area (Å²) in [5.41, 5.74) is 7.64. The third-order valence-electron chi connectivity index (χ3n) is 3.17. The van der Waals surface area contributed by atoms with Crippen LogP contribution < -0.4 is 10.5 Å². The number of nitrogens with two attached hydrogens (primary N) is 1. The molecule has 0 aliphatic heterocycles. The molecule has 1 aromatic heterocycles. The van der Waals surface area contributed by atoms with Gasteiger partial charge in [0.15, 0.2) is 0 Å². The van der Waals surface area contributed by atoms with Gasteiger partial charge in [0.05, 0.1) is 7.11 Å². The fourth-order valence-corrected chi connectivity index (χ4v) is 2.25. The summed E-state index contributed by atoms with van der Waals surface area (Å²) in [4.78, 5) is 4.38. The Bertz CT molecular complexity index is 755. The normalized spacial score (nSPS) is 9.96. The van der Waals surface area contributed by atoms with Gasteiger partial charge in [-0.15, -0.1) is 0 Å². The quantitative estimate of drug-likeness (QED) is 0.592. The first-order valence-corrected chi connectivity index (χ1v) is 8.24. The summed E-state index contributed by atoms with van der Waals surface area (Å²) in [6.07, 6.45) is 0. The summed E-state index contributed by atoms with van der Waals surface area (Å²) < 4.78 is 7.82. The van der Waals surface area contributed by atoms with Gasteiger partial charge in [-0.1, -0.05) is 12.1 Å². The maximum atomic E-state index is 5.40. The number of ether oxygens (including phenoxy) is 1. The van der Waals surface area contributed by atoms with Gasteiger partial charge < -0.3 is 10.5 Å². The van der Waals surface area contributed by atoms with E-state index in [9.17, 15) is 0 Å². The molecule has 0 aliphatic carbocycles. The van der Waals surface area contributed by atoms with E-state index in [-0.39, 0.29) is 0 Å². The van der Waals surface area contributed by atoms with Crippen LogP contribution in [0.15, 0.2) is 54.6 Å². The summed E-state index contributed by atoms with van der Waals surface area (Å²) in [6, 6.07) is 17.8. The summed E-state index contributed by atoms with van der Waals surface area (Å²) in [7, 11) is 3.60. The van der Waals surface area contributed by atoms with Crippen molar-refractivity contribution >= 4 is 0 Å². The van der Waals surface area contributed by atoms with Crippen molar-refractivity contribution in [2.75, 3.05) is 7.11 Å². The van der Waals surface area contributed by atoms with Crippen molar-refractivity contribution in [3.8, 4) is 17.1 Å². The molecule has 0 bridgehead atoms. The third kappa shape index (κ3) is 5.01. The molecule has 0 unspecified atom stereocenters. The molecule has 0 fully saturated rings. The molecule has 0 saturated carbocycles. The van der Waals surface area contributed by atoms with Crippen LogP contribution in [0.5, 0.6) is 5.75 Å². The fourth-order valence-electron chi connectivity index (χ4n) is 1.87. The number of aryl methyl sites for hydroxylation is 1. The Morgan fingerprint density at radius 1 is 1.13 bits per heavy atom. The predicted molar refractivity (Wildman–Crippen MR) is 87.1 cm³/mol. The Morgan fingerprint density at radius 3 is 2.26 bits per heavy atom. The Kier molecular flexibility index (Phi) is 6.50. The van der Waals surface area contributed by atoms with E-state index in [0.29, 0.717) is 6.54 Å². The molecule has 124 valence electrons. The van der Waals surface area contributed by atoms with Gasteiger partial charge in [-0.3, -0.25) is 0 Å². The summed E-state index contributed by atoms with van der Waals surface area (Å²) in [5.74, 6) is 1.78. The van der Waals surface area contributed by atoms with Crippen molar-refractivity contribution < 1.29 is 24.1 Å². The third-order valence-corrected chi connectivity index (χ3v) is 4.18. The molecule has 23 heavy (non-hydrogen) atoms. The van der Waals surface area contributed by atoms with E-state index in [0.717, 1.165) is 26.5 Å². The first-order chi connectivity index (χ1) is 11.1. The molecule has 0 saturated heterocycles. The maximum absolute atomic E-state index is 5.40. The van der Waals surface area contributed by atoms with E-state index in [4.69, 9.17) is 10.5 Å². The number of rotatable bonds is 3. The van der Waals surface area contributed by atoms with E-state index in [1.165, 1.54) is 0 Å². The van der Waals surface area contributed by atoms with Crippen LogP contribution in [0.25, 0.3) is 11.4 Å². The zero-order valence-corrected chi connectivity index (χ0v) is 15.4. The number of nitrogens with zero attached hydrogens (tertiary/aromatic N) is 2. The van der Waals surface area contributed by atoms with Gasteiger partial charge in [0.25, 0.3) is 0 Å². The molecule has 0 radical (unpaired) electrons. The van der Waals surface area contributed by atoms with Gasteiger partial charge in [0.2, 0.25) is 0 Å². The van der Waals surface area contributed by atoms with Crippen LogP contribution in [-0.4, -0.2) is 21.9 Å². The van der Waals surface area contributed by atoms with Crippen molar-refractivity contribution in [3.05, 3.63) is 64.0 Å². The number of H-pyrrole nitrogens is 1. The van der Waals surface area contributed by atoms with Gasteiger partial charge >= 0.3 is 86.7 Å². The number of hydrogen-bond acceptors (Lipinski definition) is 3. The first kappa shape index (κ1) is 17.4. The van der Waals surface area contributed by atoms with Crippen LogP contribution in [0.2, 0.25) is 0 Å². The molecule has 0 amide bonds. The SMILES string of the molecule is COc1ccc(CN)cc1.Cn1[nH]c(-c2ccccc2)n[c]1=[Pt].